The van der Waals surface area contributed by atoms with Crippen LogP contribution < -0.4 is 4.90 Å². The molecule has 1 aromatic rings. The quantitative estimate of drug-likeness (QED) is 0.908. The molecule has 18 heavy (non-hydrogen) atoms. The second-order valence-corrected chi connectivity index (χ2v) is 5.37. The smallest absolute Gasteiger partial charge is 0.186 e. The fourth-order valence-electron chi connectivity index (χ4n) is 1.86. The average Bonchev–Trinajstić information content (AvgIpc) is 2.78. The van der Waals surface area contributed by atoms with E-state index < -0.39 is 0 Å². The Morgan fingerprint density at radius 2 is 2.22 bits per heavy atom. The fraction of sp³-hybridized carbons (Fsp3) is 0.615. The number of rotatable bonds is 4. The normalized spacial score (nSPS) is 17.3. The van der Waals surface area contributed by atoms with E-state index in [0.717, 1.165) is 54.0 Å². The number of thiazole rings is 1. The van der Waals surface area contributed by atoms with Gasteiger partial charge in [0.1, 0.15) is 0 Å². The van der Waals surface area contributed by atoms with Crippen LogP contribution in [-0.2, 0) is 4.74 Å². The first-order chi connectivity index (χ1) is 8.74. The third-order valence-corrected chi connectivity index (χ3v) is 4.26. The summed E-state index contributed by atoms with van der Waals surface area (Å²) in [5, 5.41) is 10.3. The molecule has 1 saturated heterocycles. The Labute approximate surface area is 112 Å². The number of anilines is 1. The van der Waals surface area contributed by atoms with E-state index in [1.165, 1.54) is 0 Å². The average molecular weight is 268 g/mol. The van der Waals surface area contributed by atoms with Gasteiger partial charge in [-0.1, -0.05) is 18.3 Å². The molecule has 2 rings (SSSR count). The fourth-order valence-corrected chi connectivity index (χ4v) is 2.97. The van der Waals surface area contributed by atoms with Crippen molar-refractivity contribution in [2.75, 3.05) is 37.8 Å². The first-order valence-electron chi connectivity index (χ1n) is 6.35. The Hall–Kier alpha value is -0.910. The van der Waals surface area contributed by atoms with Gasteiger partial charge in [0.15, 0.2) is 5.13 Å². The minimum absolute atomic E-state index is 0.126. The lowest BCUT2D eigenvalue weighted by molar-refractivity contribution is 0.122. The van der Waals surface area contributed by atoms with Crippen molar-refractivity contribution < 1.29 is 9.84 Å². The summed E-state index contributed by atoms with van der Waals surface area (Å²) in [6, 6.07) is 0. The Morgan fingerprint density at radius 3 is 2.83 bits per heavy atom. The summed E-state index contributed by atoms with van der Waals surface area (Å²) < 4.78 is 5.35. The number of morpholine rings is 1. The summed E-state index contributed by atoms with van der Waals surface area (Å²) in [4.78, 5) is 8.04. The molecule has 1 aliphatic heterocycles. The number of aromatic nitrogens is 1. The highest BCUT2D eigenvalue weighted by Gasteiger charge is 2.16. The topological polar surface area (TPSA) is 45.6 Å². The van der Waals surface area contributed by atoms with Crippen LogP contribution in [0.15, 0.2) is 5.57 Å². The van der Waals surface area contributed by atoms with Crippen LogP contribution in [0, 0.1) is 6.92 Å². The number of nitrogens with zero attached hydrogens (tertiary/aromatic N) is 2. The first-order valence-corrected chi connectivity index (χ1v) is 7.16. The van der Waals surface area contributed by atoms with Crippen molar-refractivity contribution in [1.29, 1.82) is 0 Å². The lowest BCUT2D eigenvalue weighted by Gasteiger charge is -2.26. The summed E-state index contributed by atoms with van der Waals surface area (Å²) >= 11 is 1.70. The minimum atomic E-state index is 0.126. The maximum absolute atomic E-state index is 9.22. The van der Waals surface area contributed by atoms with E-state index in [9.17, 15) is 5.11 Å². The lowest BCUT2D eigenvalue weighted by Crippen LogP contribution is -2.36. The predicted molar refractivity (Wildman–Crippen MR) is 75.2 cm³/mol. The van der Waals surface area contributed by atoms with Crippen molar-refractivity contribution in [1.82, 2.24) is 4.98 Å². The van der Waals surface area contributed by atoms with Gasteiger partial charge in [-0.05, 0) is 25.0 Å². The molecule has 1 aliphatic rings. The van der Waals surface area contributed by atoms with Crippen LogP contribution in [0.2, 0.25) is 0 Å². The summed E-state index contributed by atoms with van der Waals surface area (Å²) in [5.74, 6) is 0. The van der Waals surface area contributed by atoms with E-state index in [4.69, 9.17) is 4.74 Å². The summed E-state index contributed by atoms with van der Waals surface area (Å²) in [5.41, 5.74) is 2.09. The molecule has 5 heteroatoms. The molecule has 2 heterocycles. The summed E-state index contributed by atoms with van der Waals surface area (Å²) in [7, 11) is 0. The number of aliphatic hydroxyl groups excluding tert-OH is 1. The molecular formula is C13H20N2O2S. The van der Waals surface area contributed by atoms with Crippen LogP contribution in [0.4, 0.5) is 5.13 Å². The molecular weight excluding hydrogens is 248 g/mol. The van der Waals surface area contributed by atoms with Gasteiger partial charge in [0.05, 0.1) is 30.4 Å². The van der Waals surface area contributed by atoms with Gasteiger partial charge >= 0.3 is 0 Å². The molecule has 1 fully saturated rings. The van der Waals surface area contributed by atoms with Crippen LogP contribution in [0.1, 0.15) is 23.9 Å². The van der Waals surface area contributed by atoms with Gasteiger partial charge in [-0.15, -0.1) is 0 Å². The number of aliphatic hydroxyl groups is 1. The molecule has 100 valence electrons. The zero-order chi connectivity index (χ0) is 13.0. The van der Waals surface area contributed by atoms with Crippen LogP contribution in [0.3, 0.4) is 0 Å². The molecule has 0 spiro atoms. The van der Waals surface area contributed by atoms with Gasteiger partial charge in [-0.2, -0.15) is 0 Å². The molecule has 1 aromatic heterocycles. The Morgan fingerprint density at radius 1 is 1.50 bits per heavy atom. The Bertz CT molecular complexity index is 417. The molecule has 0 unspecified atom stereocenters. The molecule has 0 aliphatic carbocycles. The zero-order valence-corrected chi connectivity index (χ0v) is 11.8. The maximum Gasteiger partial charge on any atom is 0.186 e. The van der Waals surface area contributed by atoms with Crippen molar-refractivity contribution in [2.24, 2.45) is 0 Å². The Balaban J connectivity index is 2.18. The lowest BCUT2D eigenvalue weighted by atomic mass is 10.2. The predicted octanol–water partition coefficient (Wildman–Crippen LogP) is 2.07. The van der Waals surface area contributed by atoms with Gasteiger partial charge in [0.25, 0.3) is 0 Å². The molecule has 1 N–H and O–H groups in total. The van der Waals surface area contributed by atoms with Crippen molar-refractivity contribution in [2.45, 2.75) is 20.3 Å². The number of ether oxygens (including phenoxy) is 1. The van der Waals surface area contributed by atoms with Crippen molar-refractivity contribution >= 4 is 22.5 Å². The third kappa shape index (κ3) is 3.10. The van der Waals surface area contributed by atoms with Gasteiger partial charge in [-0.3, -0.25) is 0 Å². The highest BCUT2D eigenvalue weighted by atomic mass is 32.1. The first kappa shape index (κ1) is 13.5. The summed E-state index contributed by atoms with van der Waals surface area (Å²) in [6.45, 7) is 7.59. The van der Waals surface area contributed by atoms with Crippen molar-refractivity contribution in [3.8, 4) is 0 Å². The Kier molecular flexibility index (Phi) is 4.74. The maximum atomic E-state index is 9.22. The van der Waals surface area contributed by atoms with E-state index in [-0.39, 0.29) is 6.61 Å². The molecule has 0 amide bonds. The van der Waals surface area contributed by atoms with E-state index in [0.29, 0.717) is 0 Å². The number of aryl methyl sites for hydroxylation is 1. The van der Waals surface area contributed by atoms with E-state index in [1.54, 1.807) is 11.3 Å². The van der Waals surface area contributed by atoms with Crippen LogP contribution >= 0.6 is 11.3 Å². The van der Waals surface area contributed by atoms with E-state index in [2.05, 4.69) is 22.9 Å². The molecule has 4 nitrogen and oxygen atoms in total. The standard InChI is InChI=1S/C13H20N2O2S/c1-3-11(9-16)8-12-10(2)14-13(18-12)15-4-6-17-7-5-15/h8,16H,3-7,9H2,1-2H3. The zero-order valence-electron chi connectivity index (χ0n) is 11.0. The van der Waals surface area contributed by atoms with Crippen molar-refractivity contribution in [3.63, 3.8) is 0 Å². The van der Waals surface area contributed by atoms with Gasteiger partial charge in [-0.25, -0.2) is 4.98 Å². The van der Waals surface area contributed by atoms with Crippen LogP contribution in [0.5, 0.6) is 0 Å². The van der Waals surface area contributed by atoms with Gasteiger partial charge in [0.2, 0.25) is 0 Å². The second kappa shape index (κ2) is 6.31. The van der Waals surface area contributed by atoms with Crippen LogP contribution in [0.25, 0.3) is 6.08 Å². The van der Waals surface area contributed by atoms with E-state index >= 15 is 0 Å². The largest absolute Gasteiger partial charge is 0.392 e. The molecule has 0 radical (unpaired) electrons. The van der Waals surface area contributed by atoms with Crippen LogP contribution in [-0.4, -0.2) is 43.0 Å². The SMILES string of the molecule is CCC(=Cc1sc(N2CCOCC2)nc1C)CO. The van der Waals surface area contributed by atoms with Gasteiger partial charge in [0, 0.05) is 13.1 Å². The molecule has 0 bridgehead atoms. The molecule has 0 aromatic carbocycles. The number of hydrogen-bond donors (Lipinski definition) is 1. The van der Waals surface area contributed by atoms with E-state index in [1.807, 2.05) is 6.92 Å². The highest BCUT2D eigenvalue weighted by Crippen LogP contribution is 2.28. The number of hydrogen-bond acceptors (Lipinski definition) is 5. The highest BCUT2D eigenvalue weighted by molar-refractivity contribution is 7.16. The van der Waals surface area contributed by atoms with Gasteiger partial charge < -0.3 is 14.7 Å². The monoisotopic (exact) mass is 268 g/mol. The minimum Gasteiger partial charge on any atom is -0.392 e. The second-order valence-electron chi connectivity index (χ2n) is 4.36. The molecule has 0 atom stereocenters. The summed E-state index contributed by atoms with van der Waals surface area (Å²) in [6.07, 6.45) is 2.94. The van der Waals surface area contributed by atoms with Crippen molar-refractivity contribution in [3.05, 3.63) is 16.1 Å². The third-order valence-electron chi connectivity index (χ3n) is 3.10. The molecule has 0 saturated carbocycles.